The molecule has 6 heteroatoms. The van der Waals surface area contributed by atoms with Crippen molar-refractivity contribution < 1.29 is 0 Å². The highest BCUT2D eigenvalue weighted by Crippen LogP contribution is 2.21. The number of piperidine rings is 1. The smallest absolute Gasteiger partial charge is 0.253 e. The molecule has 1 aromatic carbocycles. The van der Waals surface area contributed by atoms with Crippen LogP contribution in [0.1, 0.15) is 24.0 Å². The lowest BCUT2D eigenvalue weighted by Gasteiger charge is -2.32. The predicted molar refractivity (Wildman–Crippen MR) is 111 cm³/mol. The number of aromatic nitrogens is 3. The summed E-state index contributed by atoms with van der Waals surface area (Å²) in [6.07, 6.45) is 7.20. The molecule has 0 N–H and O–H groups in total. The van der Waals surface area contributed by atoms with E-state index >= 15 is 0 Å². The molecule has 6 nitrogen and oxygen atoms in total. The zero-order valence-electron chi connectivity index (χ0n) is 16.2. The van der Waals surface area contributed by atoms with Gasteiger partial charge in [0.2, 0.25) is 0 Å². The monoisotopic (exact) mass is 385 g/mol. The standard InChI is InChI=1S/C23H23N5O/c24-14-18-1-3-19(4-2-18)15-27-11-7-20(8-12-27)16-28-17-26-22(13-23(28)29)21-5-9-25-10-6-21/h1-6,9-10,13,17,20H,7-8,11-12,15-16H2. The van der Waals surface area contributed by atoms with Crippen molar-refractivity contribution in [3.63, 3.8) is 0 Å². The fraction of sp³-hybridized carbons (Fsp3) is 0.304. The molecule has 3 heterocycles. The Morgan fingerprint density at radius 3 is 2.45 bits per heavy atom. The van der Waals surface area contributed by atoms with Gasteiger partial charge < -0.3 is 0 Å². The molecule has 1 fully saturated rings. The quantitative estimate of drug-likeness (QED) is 0.675. The number of hydrogen-bond donors (Lipinski definition) is 0. The first-order valence-electron chi connectivity index (χ1n) is 9.89. The lowest BCUT2D eigenvalue weighted by Crippen LogP contribution is -2.36. The van der Waals surface area contributed by atoms with Crippen molar-refractivity contribution in [3.8, 4) is 17.3 Å². The third kappa shape index (κ3) is 4.76. The van der Waals surface area contributed by atoms with Crippen molar-refractivity contribution in [2.45, 2.75) is 25.9 Å². The second-order valence-corrected chi connectivity index (χ2v) is 7.53. The zero-order chi connectivity index (χ0) is 20.1. The van der Waals surface area contributed by atoms with Crippen LogP contribution in [0.25, 0.3) is 11.3 Å². The largest absolute Gasteiger partial charge is 0.299 e. The molecule has 1 aliphatic rings. The minimum atomic E-state index is -0.00757. The van der Waals surface area contributed by atoms with Crippen LogP contribution in [0.5, 0.6) is 0 Å². The maximum atomic E-state index is 12.5. The van der Waals surface area contributed by atoms with Crippen LogP contribution >= 0.6 is 0 Å². The van der Waals surface area contributed by atoms with Crippen molar-refractivity contribution in [1.82, 2.24) is 19.4 Å². The first-order chi connectivity index (χ1) is 14.2. The summed E-state index contributed by atoms with van der Waals surface area (Å²) in [5, 5.41) is 8.90. The number of benzene rings is 1. The lowest BCUT2D eigenvalue weighted by atomic mass is 9.96. The summed E-state index contributed by atoms with van der Waals surface area (Å²) >= 11 is 0. The third-order valence-corrected chi connectivity index (χ3v) is 5.51. The van der Waals surface area contributed by atoms with E-state index in [0.29, 0.717) is 23.7 Å². The van der Waals surface area contributed by atoms with Crippen molar-refractivity contribution in [2.24, 2.45) is 5.92 Å². The molecule has 0 atom stereocenters. The molecule has 0 unspecified atom stereocenters. The van der Waals surface area contributed by atoms with Crippen LogP contribution in [0.15, 0.2) is 66.0 Å². The Kier molecular flexibility index (Phi) is 5.78. The van der Waals surface area contributed by atoms with Gasteiger partial charge in [-0.15, -0.1) is 0 Å². The lowest BCUT2D eigenvalue weighted by molar-refractivity contribution is 0.166. The van der Waals surface area contributed by atoms with Crippen molar-refractivity contribution in [2.75, 3.05) is 13.1 Å². The number of nitrogens with zero attached hydrogens (tertiary/aromatic N) is 5. The molecular formula is C23H23N5O. The van der Waals surface area contributed by atoms with E-state index in [-0.39, 0.29) is 5.56 Å². The molecule has 1 aliphatic heterocycles. The van der Waals surface area contributed by atoms with Gasteiger partial charge in [-0.1, -0.05) is 12.1 Å². The summed E-state index contributed by atoms with van der Waals surface area (Å²) < 4.78 is 1.73. The van der Waals surface area contributed by atoms with Crippen LogP contribution in [-0.2, 0) is 13.1 Å². The molecule has 0 amide bonds. The second-order valence-electron chi connectivity index (χ2n) is 7.53. The molecule has 4 rings (SSSR count). The highest BCUT2D eigenvalue weighted by molar-refractivity contribution is 5.57. The maximum absolute atomic E-state index is 12.5. The van der Waals surface area contributed by atoms with Crippen LogP contribution in [-0.4, -0.2) is 32.5 Å². The molecule has 1 saturated heterocycles. The Hall–Kier alpha value is -3.30. The highest BCUT2D eigenvalue weighted by Gasteiger charge is 2.20. The Morgan fingerprint density at radius 1 is 1.07 bits per heavy atom. The van der Waals surface area contributed by atoms with Crippen LogP contribution in [0.3, 0.4) is 0 Å². The molecule has 0 aliphatic carbocycles. The van der Waals surface area contributed by atoms with E-state index in [1.807, 2.05) is 36.4 Å². The van der Waals surface area contributed by atoms with Crippen molar-refractivity contribution in [3.05, 3.63) is 82.7 Å². The summed E-state index contributed by atoms with van der Waals surface area (Å²) in [6, 6.07) is 15.3. The number of pyridine rings is 1. The first kappa shape index (κ1) is 19.0. The molecule has 3 aromatic rings. The number of nitriles is 1. The molecular weight excluding hydrogens is 362 g/mol. The molecule has 0 spiro atoms. The second kappa shape index (κ2) is 8.80. The minimum absolute atomic E-state index is 0.00757. The summed E-state index contributed by atoms with van der Waals surface area (Å²) in [5.74, 6) is 0.485. The van der Waals surface area contributed by atoms with E-state index in [1.165, 1.54) is 5.56 Å². The van der Waals surface area contributed by atoms with Crippen molar-refractivity contribution >= 4 is 0 Å². The van der Waals surface area contributed by atoms with Crippen LogP contribution in [0.4, 0.5) is 0 Å². The van der Waals surface area contributed by atoms with Gasteiger partial charge in [-0.2, -0.15) is 5.26 Å². The van der Waals surface area contributed by atoms with Gasteiger partial charge >= 0.3 is 0 Å². The van der Waals surface area contributed by atoms with Gasteiger partial charge in [-0.05, 0) is 61.7 Å². The Morgan fingerprint density at radius 2 is 1.79 bits per heavy atom. The molecule has 0 radical (unpaired) electrons. The van der Waals surface area contributed by atoms with E-state index in [2.05, 4.69) is 20.9 Å². The van der Waals surface area contributed by atoms with Crippen LogP contribution < -0.4 is 5.56 Å². The van der Waals surface area contributed by atoms with E-state index < -0.39 is 0 Å². The average Bonchev–Trinajstić information content (AvgIpc) is 2.77. The summed E-state index contributed by atoms with van der Waals surface area (Å²) in [6.45, 7) is 3.65. The molecule has 146 valence electrons. The van der Waals surface area contributed by atoms with E-state index in [4.69, 9.17) is 5.26 Å². The average molecular weight is 385 g/mol. The molecule has 0 saturated carbocycles. The van der Waals surface area contributed by atoms with E-state index in [9.17, 15) is 4.79 Å². The Labute approximate surface area is 170 Å². The van der Waals surface area contributed by atoms with Gasteiger partial charge in [-0.25, -0.2) is 4.98 Å². The zero-order valence-corrected chi connectivity index (χ0v) is 16.2. The normalized spacial score (nSPS) is 15.1. The predicted octanol–water partition coefficient (Wildman–Crippen LogP) is 3.09. The third-order valence-electron chi connectivity index (χ3n) is 5.51. The summed E-state index contributed by atoms with van der Waals surface area (Å²) in [4.78, 5) is 23.4. The summed E-state index contributed by atoms with van der Waals surface area (Å²) in [5.41, 5.74) is 3.51. The number of likely N-dealkylation sites (tertiary alicyclic amines) is 1. The highest BCUT2D eigenvalue weighted by atomic mass is 16.1. The first-order valence-corrected chi connectivity index (χ1v) is 9.89. The number of hydrogen-bond acceptors (Lipinski definition) is 5. The van der Waals surface area contributed by atoms with Gasteiger partial charge in [0.1, 0.15) is 0 Å². The van der Waals surface area contributed by atoms with Gasteiger partial charge in [-0.3, -0.25) is 19.2 Å². The van der Waals surface area contributed by atoms with Gasteiger partial charge in [0.15, 0.2) is 0 Å². The maximum Gasteiger partial charge on any atom is 0.253 e. The Balaban J connectivity index is 1.32. The van der Waals surface area contributed by atoms with Crippen LogP contribution in [0, 0.1) is 17.2 Å². The SMILES string of the molecule is N#Cc1ccc(CN2CCC(Cn3cnc(-c4ccncc4)cc3=O)CC2)cc1. The van der Waals surface area contributed by atoms with Gasteiger partial charge in [0.05, 0.1) is 23.7 Å². The van der Waals surface area contributed by atoms with Gasteiger partial charge in [0, 0.05) is 37.1 Å². The fourth-order valence-electron chi connectivity index (χ4n) is 3.79. The minimum Gasteiger partial charge on any atom is -0.299 e. The van der Waals surface area contributed by atoms with E-state index in [1.54, 1.807) is 29.4 Å². The number of rotatable bonds is 5. The molecule has 29 heavy (non-hydrogen) atoms. The Bertz CT molecular complexity index is 1050. The van der Waals surface area contributed by atoms with E-state index in [0.717, 1.165) is 38.0 Å². The van der Waals surface area contributed by atoms with Crippen molar-refractivity contribution in [1.29, 1.82) is 5.26 Å². The summed E-state index contributed by atoms with van der Waals surface area (Å²) in [7, 11) is 0. The van der Waals surface area contributed by atoms with Gasteiger partial charge in [0.25, 0.3) is 5.56 Å². The molecule has 0 bridgehead atoms. The fourth-order valence-corrected chi connectivity index (χ4v) is 3.79. The topological polar surface area (TPSA) is 74.8 Å². The molecule has 2 aromatic heterocycles. The van der Waals surface area contributed by atoms with Crippen LogP contribution in [0.2, 0.25) is 0 Å².